The van der Waals surface area contributed by atoms with Gasteiger partial charge in [0.25, 0.3) is 0 Å². The molecule has 0 radical (unpaired) electrons. The van der Waals surface area contributed by atoms with Crippen molar-refractivity contribution in [3.8, 4) is 0 Å². The summed E-state index contributed by atoms with van der Waals surface area (Å²) in [6.07, 6.45) is 5.65. The fourth-order valence-corrected chi connectivity index (χ4v) is 2.77. The molecule has 3 aliphatic rings. The number of allylic oxidation sites excluding steroid dienone is 2. The number of Topliss-reactive ketones (excluding diaryl/α,β-unsaturated/α-hetero) is 1. The number of carbonyl (C=O) groups excluding carboxylic acids is 1. The fourth-order valence-electron chi connectivity index (χ4n) is 2.77. The summed E-state index contributed by atoms with van der Waals surface area (Å²) in [5.74, 6) is 0.931. The number of epoxide rings is 2. The number of rotatable bonds is 1. The summed E-state index contributed by atoms with van der Waals surface area (Å²) in [6, 6.07) is 0. The second-order valence-electron chi connectivity index (χ2n) is 6.03. The van der Waals surface area contributed by atoms with Crippen LogP contribution in [0.5, 0.6) is 0 Å². The molecule has 3 heteroatoms. The number of hydrogen-bond acceptors (Lipinski definition) is 3. The van der Waals surface area contributed by atoms with Crippen molar-refractivity contribution in [1.29, 1.82) is 0 Å². The van der Waals surface area contributed by atoms with Gasteiger partial charge in [-0.05, 0) is 11.8 Å². The molecule has 0 aromatic heterocycles. The van der Waals surface area contributed by atoms with Gasteiger partial charge in [0, 0.05) is 12.8 Å². The molecule has 0 aromatic rings. The van der Waals surface area contributed by atoms with E-state index in [4.69, 9.17) is 9.47 Å². The Hall–Kier alpha value is -0.930. The first-order valence-corrected chi connectivity index (χ1v) is 6.71. The first kappa shape index (κ1) is 12.1. The first-order valence-electron chi connectivity index (χ1n) is 6.71. The minimum atomic E-state index is -0.608. The lowest BCUT2D eigenvalue weighted by Crippen LogP contribution is -2.34. The Morgan fingerprint density at radius 1 is 1.44 bits per heavy atom. The number of hydrogen-bond donors (Lipinski definition) is 0. The molecular weight excluding hydrogens is 228 g/mol. The zero-order valence-corrected chi connectivity index (χ0v) is 11.0. The van der Waals surface area contributed by atoms with Gasteiger partial charge in [-0.3, -0.25) is 4.79 Å². The van der Waals surface area contributed by atoms with Gasteiger partial charge < -0.3 is 9.47 Å². The molecule has 3 rings (SSSR count). The van der Waals surface area contributed by atoms with E-state index < -0.39 is 5.60 Å². The van der Waals surface area contributed by atoms with Crippen molar-refractivity contribution < 1.29 is 14.3 Å². The maximum atomic E-state index is 12.4. The van der Waals surface area contributed by atoms with Crippen molar-refractivity contribution in [2.24, 2.45) is 11.8 Å². The standard InChI is InChI=1S/C15H20O3/c1-9(2)11-5-4-10(3)6-12-14(18-12)15(8-17-15)13(16)7-11/h4-5,9,11-12,14H,3,6-8H2,1-2H3/b5-4+/t11-,12+,14-,15-/m0/s1. The number of fused-ring (bicyclic) bond motifs is 2. The predicted octanol–water partition coefficient (Wildman–Crippen LogP) is 2.27. The van der Waals surface area contributed by atoms with Crippen LogP contribution in [0.2, 0.25) is 0 Å². The average Bonchev–Trinajstić information content (AvgIpc) is 3.15. The van der Waals surface area contributed by atoms with Crippen LogP contribution in [-0.2, 0) is 14.3 Å². The lowest BCUT2D eigenvalue weighted by atomic mass is 9.83. The summed E-state index contributed by atoms with van der Waals surface area (Å²) in [6.45, 7) is 8.88. The summed E-state index contributed by atoms with van der Waals surface area (Å²) in [7, 11) is 0. The van der Waals surface area contributed by atoms with Gasteiger partial charge in [-0.25, -0.2) is 0 Å². The van der Waals surface area contributed by atoms with E-state index in [0.29, 0.717) is 18.9 Å². The van der Waals surface area contributed by atoms with E-state index in [-0.39, 0.29) is 23.9 Å². The van der Waals surface area contributed by atoms with Crippen molar-refractivity contribution in [2.45, 2.75) is 44.5 Å². The lowest BCUT2D eigenvalue weighted by Gasteiger charge is -2.19. The molecule has 2 aliphatic heterocycles. The minimum absolute atomic E-state index is 0.0268. The highest BCUT2D eigenvalue weighted by atomic mass is 16.7. The summed E-state index contributed by atoms with van der Waals surface area (Å²) in [5, 5.41) is 0. The fraction of sp³-hybridized carbons (Fsp3) is 0.667. The molecule has 18 heavy (non-hydrogen) atoms. The normalized spacial score (nSPS) is 44.9. The Morgan fingerprint density at radius 3 is 2.78 bits per heavy atom. The van der Waals surface area contributed by atoms with E-state index in [0.717, 1.165) is 12.0 Å². The molecule has 0 unspecified atom stereocenters. The largest absolute Gasteiger partial charge is 0.365 e. The molecule has 98 valence electrons. The number of ketones is 1. The van der Waals surface area contributed by atoms with Crippen LogP contribution in [0, 0.1) is 11.8 Å². The van der Waals surface area contributed by atoms with Gasteiger partial charge in [-0.2, -0.15) is 0 Å². The highest BCUT2D eigenvalue weighted by Crippen LogP contribution is 2.48. The molecule has 0 saturated carbocycles. The van der Waals surface area contributed by atoms with Gasteiger partial charge in [-0.1, -0.05) is 38.2 Å². The van der Waals surface area contributed by atoms with Crippen LogP contribution in [0.25, 0.3) is 0 Å². The molecule has 2 saturated heterocycles. The minimum Gasteiger partial charge on any atom is -0.365 e. The van der Waals surface area contributed by atoms with Crippen molar-refractivity contribution in [1.82, 2.24) is 0 Å². The van der Waals surface area contributed by atoms with Crippen molar-refractivity contribution in [2.75, 3.05) is 6.61 Å². The van der Waals surface area contributed by atoms with Crippen LogP contribution < -0.4 is 0 Å². The van der Waals surface area contributed by atoms with Crippen LogP contribution in [0.15, 0.2) is 24.3 Å². The lowest BCUT2D eigenvalue weighted by molar-refractivity contribution is -0.125. The molecule has 0 aromatic carbocycles. The Kier molecular flexibility index (Phi) is 2.72. The third-order valence-electron chi connectivity index (χ3n) is 4.29. The quantitative estimate of drug-likeness (QED) is 0.668. The van der Waals surface area contributed by atoms with E-state index in [1.807, 2.05) is 0 Å². The summed E-state index contributed by atoms with van der Waals surface area (Å²) >= 11 is 0. The van der Waals surface area contributed by atoms with E-state index in [9.17, 15) is 4.79 Å². The van der Waals surface area contributed by atoms with E-state index >= 15 is 0 Å². The highest BCUT2D eigenvalue weighted by Gasteiger charge is 2.67. The molecule has 2 fully saturated rings. The Balaban J connectivity index is 1.85. The second-order valence-corrected chi connectivity index (χ2v) is 6.03. The smallest absolute Gasteiger partial charge is 0.178 e. The molecule has 0 amide bonds. The SMILES string of the molecule is C=C1/C=C/[C@H](C(C)C)CC(=O)[C@@]2(CO2)[C@H]2O[C@@H]2C1. The summed E-state index contributed by atoms with van der Waals surface area (Å²) in [4.78, 5) is 12.4. The Bertz CT molecular complexity index is 417. The van der Waals surface area contributed by atoms with Gasteiger partial charge in [0.05, 0.1) is 12.7 Å². The van der Waals surface area contributed by atoms with Gasteiger partial charge in [0.1, 0.15) is 6.10 Å². The van der Waals surface area contributed by atoms with Crippen LogP contribution >= 0.6 is 0 Å². The average molecular weight is 248 g/mol. The molecule has 1 spiro atoms. The van der Waals surface area contributed by atoms with Gasteiger partial charge in [-0.15, -0.1) is 0 Å². The van der Waals surface area contributed by atoms with Crippen molar-refractivity contribution in [3.05, 3.63) is 24.3 Å². The second kappa shape index (κ2) is 4.04. The monoisotopic (exact) mass is 248 g/mol. The predicted molar refractivity (Wildman–Crippen MR) is 68.2 cm³/mol. The maximum Gasteiger partial charge on any atom is 0.178 e. The Labute approximate surface area is 108 Å². The van der Waals surface area contributed by atoms with Crippen LogP contribution in [0.1, 0.15) is 26.7 Å². The van der Waals surface area contributed by atoms with E-state index in [2.05, 4.69) is 32.6 Å². The maximum absolute atomic E-state index is 12.4. The van der Waals surface area contributed by atoms with Gasteiger partial charge >= 0.3 is 0 Å². The van der Waals surface area contributed by atoms with E-state index in [1.165, 1.54) is 0 Å². The van der Waals surface area contributed by atoms with Gasteiger partial charge in [0.15, 0.2) is 11.4 Å². The number of ether oxygens (including phenoxy) is 2. The molecule has 2 heterocycles. The van der Waals surface area contributed by atoms with Crippen LogP contribution in [-0.4, -0.2) is 30.2 Å². The summed E-state index contributed by atoms with van der Waals surface area (Å²) < 4.78 is 11.1. The van der Waals surface area contributed by atoms with Crippen molar-refractivity contribution in [3.63, 3.8) is 0 Å². The molecular formula is C15H20O3. The topological polar surface area (TPSA) is 42.1 Å². The molecule has 0 N–H and O–H groups in total. The third-order valence-corrected chi connectivity index (χ3v) is 4.29. The first-order chi connectivity index (χ1) is 8.53. The zero-order valence-electron chi connectivity index (χ0n) is 11.0. The summed E-state index contributed by atoms with van der Waals surface area (Å²) in [5.41, 5.74) is 0.474. The van der Waals surface area contributed by atoms with Crippen LogP contribution in [0.3, 0.4) is 0 Å². The molecule has 1 aliphatic carbocycles. The molecule has 0 bridgehead atoms. The molecule has 4 atom stereocenters. The van der Waals surface area contributed by atoms with Crippen molar-refractivity contribution >= 4 is 5.78 Å². The zero-order chi connectivity index (χ0) is 12.9. The van der Waals surface area contributed by atoms with Crippen LogP contribution in [0.4, 0.5) is 0 Å². The van der Waals surface area contributed by atoms with Gasteiger partial charge in [0.2, 0.25) is 0 Å². The number of carbonyl (C=O) groups is 1. The molecule has 3 nitrogen and oxygen atoms in total. The Morgan fingerprint density at radius 2 is 2.17 bits per heavy atom. The highest BCUT2D eigenvalue weighted by molar-refractivity contribution is 5.91. The van der Waals surface area contributed by atoms with E-state index in [1.54, 1.807) is 0 Å². The third kappa shape index (κ3) is 1.95.